The summed E-state index contributed by atoms with van der Waals surface area (Å²) in [7, 11) is 1.36. The summed E-state index contributed by atoms with van der Waals surface area (Å²) in [5.74, 6) is 1.88. The third-order valence-electron chi connectivity index (χ3n) is 8.41. The van der Waals surface area contributed by atoms with Gasteiger partial charge in [0.2, 0.25) is 0 Å². The average molecular weight is 583 g/mol. The van der Waals surface area contributed by atoms with Crippen molar-refractivity contribution in [3.05, 3.63) is 76.9 Å². The van der Waals surface area contributed by atoms with Gasteiger partial charge in [-0.1, -0.05) is 24.3 Å². The molecule has 3 aliphatic rings. The summed E-state index contributed by atoms with van der Waals surface area (Å²) >= 11 is 0. The van der Waals surface area contributed by atoms with Crippen LogP contribution in [0.5, 0.6) is 17.2 Å². The van der Waals surface area contributed by atoms with E-state index in [1.807, 2.05) is 12.1 Å². The van der Waals surface area contributed by atoms with Gasteiger partial charge in [0.05, 0.1) is 32.3 Å². The molecule has 2 aliphatic heterocycles. The van der Waals surface area contributed by atoms with Crippen molar-refractivity contribution in [3.8, 4) is 28.4 Å². The molecule has 0 saturated carbocycles. The summed E-state index contributed by atoms with van der Waals surface area (Å²) in [6, 6.07) is 15.1. The number of benzene rings is 3. The first-order valence-electron chi connectivity index (χ1n) is 14.3. The number of alkyl halides is 3. The summed E-state index contributed by atoms with van der Waals surface area (Å²) in [6.07, 6.45) is -1.76. The Labute approximate surface area is 242 Å². The molecule has 6 rings (SSSR count). The van der Waals surface area contributed by atoms with Gasteiger partial charge in [-0.15, -0.1) is 0 Å². The molecule has 1 aliphatic carbocycles. The van der Waals surface area contributed by atoms with Gasteiger partial charge in [-0.05, 0) is 78.1 Å². The maximum atomic E-state index is 14.2. The molecular formula is C33H33F3O6. The third kappa shape index (κ3) is 5.93. The van der Waals surface area contributed by atoms with Gasteiger partial charge >= 0.3 is 12.1 Å². The van der Waals surface area contributed by atoms with Gasteiger partial charge in [-0.2, -0.15) is 13.2 Å². The summed E-state index contributed by atoms with van der Waals surface area (Å²) in [5.41, 5.74) is 2.37. The minimum atomic E-state index is -4.50. The standard InChI is InChI=1S/C33H33F3O6/c1-38-31(37)16-22-19-41-30-17-24(6-7-25(22)30)42-29-11-9-27-26(29)8-10-28(33(34,35)36)32(27)21-2-4-23(5-3-21)40-18-20-12-14-39-15-13-20/h2-8,10,17,20,22,29H,9,11-16,18-19H2,1H3/t22?,29-/m1/s1. The second kappa shape index (κ2) is 11.9. The van der Waals surface area contributed by atoms with Gasteiger partial charge in [0, 0.05) is 30.8 Å². The fourth-order valence-electron chi connectivity index (χ4n) is 6.15. The van der Waals surface area contributed by atoms with E-state index in [1.165, 1.54) is 7.11 Å². The van der Waals surface area contributed by atoms with Gasteiger partial charge in [-0.25, -0.2) is 0 Å². The lowest BCUT2D eigenvalue weighted by Crippen LogP contribution is -2.21. The van der Waals surface area contributed by atoms with Crippen molar-refractivity contribution >= 4 is 5.97 Å². The predicted molar refractivity (Wildman–Crippen MR) is 149 cm³/mol. The molecular weight excluding hydrogens is 549 g/mol. The Balaban J connectivity index is 1.22. The number of carbonyl (C=O) groups is 1. The van der Waals surface area contributed by atoms with Crippen LogP contribution in [0.15, 0.2) is 54.6 Å². The first-order valence-corrected chi connectivity index (χ1v) is 14.3. The van der Waals surface area contributed by atoms with E-state index in [-0.39, 0.29) is 23.9 Å². The largest absolute Gasteiger partial charge is 0.493 e. The number of fused-ring (bicyclic) bond motifs is 2. The Kier molecular flexibility index (Phi) is 8.03. The van der Waals surface area contributed by atoms with Crippen molar-refractivity contribution in [3.63, 3.8) is 0 Å². The molecule has 0 N–H and O–H groups in total. The predicted octanol–water partition coefficient (Wildman–Crippen LogP) is 7.28. The van der Waals surface area contributed by atoms with Crippen molar-refractivity contribution < 1.29 is 41.7 Å². The molecule has 0 aromatic heterocycles. The van der Waals surface area contributed by atoms with Crippen LogP contribution in [0, 0.1) is 5.92 Å². The zero-order valence-electron chi connectivity index (χ0n) is 23.4. The highest BCUT2D eigenvalue weighted by molar-refractivity contribution is 5.75. The second-order valence-electron chi connectivity index (χ2n) is 11.1. The molecule has 3 aromatic carbocycles. The summed E-state index contributed by atoms with van der Waals surface area (Å²) in [6.45, 7) is 2.41. The maximum Gasteiger partial charge on any atom is 0.417 e. The highest BCUT2D eigenvalue weighted by Crippen LogP contribution is 2.47. The lowest BCUT2D eigenvalue weighted by Gasteiger charge is -2.22. The molecule has 9 heteroatoms. The molecule has 0 bridgehead atoms. The summed E-state index contributed by atoms with van der Waals surface area (Å²) in [5, 5.41) is 0. The molecule has 42 heavy (non-hydrogen) atoms. The Morgan fingerprint density at radius 2 is 1.69 bits per heavy atom. The van der Waals surface area contributed by atoms with Crippen LogP contribution in [-0.2, 0) is 26.9 Å². The number of ether oxygens (including phenoxy) is 5. The summed E-state index contributed by atoms with van der Waals surface area (Å²) < 4.78 is 70.8. The van der Waals surface area contributed by atoms with Crippen LogP contribution in [0.1, 0.15) is 60.0 Å². The minimum absolute atomic E-state index is 0.0873. The summed E-state index contributed by atoms with van der Waals surface area (Å²) in [4.78, 5) is 11.7. The molecule has 0 spiro atoms. The molecule has 1 fully saturated rings. The molecule has 1 unspecified atom stereocenters. The number of carbonyl (C=O) groups excluding carboxylic acids is 1. The fourth-order valence-corrected chi connectivity index (χ4v) is 6.15. The van der Waals surface area contributed by atoms with Crippen molar-refractivity contribution in [1.82, 2.24) is 0 Å². The fraction of sp³-hybridized carbons (Fsp3) is 0.424. The number of hydrogen-bond donors (Lipinski definition) is 0. The van der Waals surface area contributed by atoms with E-state index in [0.29, 0.717) is 60.3 Å². The van der Waals surface area contributed by atoms with Crippen LogP contribution >= 0.6 is 0 Å². The molecule has 6 nitrogen and oxygen atoms in total. The second-order valence-corrected chi connectivity index (χ2v) is 11.1. The van der Waals surface area contributed by atoms with Gasteiger partial charge in [0.15, 0.2) is 0 Å². The van der Waals surface area contributed by atoms with Crippen LogP contribution in [0.3, 0.4) is 0 Å². The average Bonchev–Trinajstić information content (AvgIpc) is 3.59. The first kappa shape index (κ1) is 28.4. The Hall–Kier alpha value is -3.72. The van der Waals surface area contributed by atoms with Crippen LogP contribution in [0.25, 0.3) is 11.1 Å². The number of rotatable bonds is 8. The van der Waals surface area contributed by atoms with Crippen LogP contribution in [0.2, 0.25) is 0 Å². The van der Waals surface area contributed by atoms with E-state index in [0.717, 1.165) is 43.2 Å². The number of methoxy groups -OCH3 is 1. The molecule has 222 valence electrons. The SMILES string of the molecule is COC(=O)CC1COc2cc(O[C@@H]3CCc4c3ccc(C(F)(F)F)c4-c3ccc(OCC4CCOCC4)cc3)ccc21. The molecule has 1 saturated heterocycles. The topological polar surface area (TPSA) is 63.2 Å². The first-order chi connectivity index (χ1) is 20.3. The van der Waals surface area contributed by atoms with Gasteiger partial charge in [-0.3, -0.25) is 4.79 Å². The Morgan fingerprint density at radius 1 is 0.952 bits per heavy atom. The van der Waals surface area contributed by atoms with Crippen molar-refractivity contribution in [2.45, 2.75) is 50.3 Å². The minimum Gasteiger partial charge on any atom is -0.493 e. The van der Waals surface area contributed by atoms with E-state index in [2.05, 4.69) is 0 Å². The molecule has 2 atom stereocenters. The monoisotopic (exact) mass is 582 g/mol. The highest BCUT2D eigenvalue weighted by atomic mass is 19.4. The number of esters is 1. The smallest absolute Gasteiger partial charge is 0.417 e. The maximum absolute atomic E-state index is 14.2. The van der Waals surface area contributed by atoms with Crippen molar-refractivity contribution in [2.75, 3.05) is 33.5 Å². The van der Waals surface area contributed by atoms with E-state index in [1.54, 1.807) is 36.4 Å². The van der Waals surface area contributed by atoms with Gasteiger partial charge in [0.1, 0.15) is 23.4 Å². The Bertz CT molecular complexity index is 1430. The van der Waals surface area contributed by atoms with Crippen molar-refractivity contribution in [1.29, 1.82) is 0 Å². The lowest BCUT2D eigenvalue weighted by molar-refractivity contribution is -0.141. The quantitative estimate of drug-likeness (QED) is 0.260. The zero-order valence-corrected chi connectivity index (χ0v) is 23.4. The molecule has 0 amide bonds. The van der Waals surface area contributed by atoms with E-state index in [4.69, 9.17) is 23.7 Å². The zero-order chi connectivity index (χ0) is 29.3. The van der Waals surface area contributed by atoms with Gasteiger partial charge in [0.25, 0.3) is 0 Å². The number of hydrogen-bond acceptors (Lipinski definition) is 6. The molecule has 0 radical (unpaired) electrons. The van der Waals surface area contributed by atoms with E-state index in [9.17, 15) is 18.0 Å². The van der Waals surface area contributed by atoms with Crippen LogP contribution < -0.4 is 14.2 Å². The molecule has 2 heterocycles. The third-order valence-corrected chi connectivity index (χ3v) is 8.41. The normalized spacial score (nSPS) is 20.0. The lowest BCUT2D eigenvalue weighted by atomic mass is 9.91. The highest BCUT2D eigenvalue weighted by Gasteiger charge is 2.38. The molecule has 3 aromatic rings. The van der Waals surface area contributed by atoms with Crippen LogP contribution in [0.4, 0.5) is 13.2 Å². The van der Waals surface area contributed by atoms with Gasteiger partial charge < -0.3 is 23.7 Å². The van der Waals surface area contributed by atoms with Crippen LogP contribution in [-0.4, -0.2) is 39.5 Å². The van der Waals surface area contributed by atoms with E-state index < -0.39 is 17.8 Å². The van der Waals surface area contributed by atoms with E-state index >= 15 is 0 Å². The number of halogens is 3. The van der Waals surface area contributed by atoms with Crippen molar-refractivity contribution in [2.24, 2.45) is 5.92 Å². The Morgan fingerprint density at radius 3 is 2.43 bits per heavy atom.